The second-order valence-electron chi connectivity index (χ2n) is 4.83. The van der Waals surface area contributed by atoms with Crippen LogP contribution in [0, 0.1) is 5.82 Å². The van der Waals surface area contributed by atoms with Crippen molar-refractivity contribution in [3.63, 3.8) is 0 Å². The van der Waals surface area contributed by atoms with Gasteiger partial charge in [0.2, 0.25) is 0 Å². The van der Waals surface area contributed by atoms with Crippen LogP contribution in [0.15, 0.2) is 18.2 Å². The molecule has 1 aromatic rings. The first-order valence-corrected chi connectivity index (χ1v) is 6.36. The molecule has 1 aliphatic carbocycles. The van der Waals surface area contributed by atoms with Crippen LogP contribution in [0.1, 0.15) is 43.4 Å². The smallest absolute Gasteiger partial charge is 0.126 e. The third kappa shape index (κ3) is 2.85. The summed E-state index contributed by atoms with van der Waals surface area (Å²) in [6.45, 7) is 2.36. The van der Waals surface area contributed by atoms with Crippen LogP contribution in [-0.2, 0) is 6.42 Å². The Morgan fingerprint density at radius 3 is 3.12 bits per heavy atom. The molecule has 0 aromatic heterocycles. The molecule has 2 atom stereocenters. The minimum absolute atomic E-state index is 0.0742. The summed E-state index contributed by atoms with van der Waals surface area (Å²) in [5.41, 5.74) is 1.99. The average molecular weight is 237 g/mol. The van der Waals surface area contributed by atoms with E-state index in [0.717, 1.165) is 36.8 Å². The molecule has 0 bridgehead atoms. The minimum atomic E-state index is -0.0742. The van der Waals surface area contributed by atoms with E-state index in [2.05, 4.69) is 12.2 Å². The summed E-state index contributed by atoms with van der Waals surface area (Å²) in [7, 11) is 0. The van der Waals surface area contributed by atoms with Crippen LogP contribution in [-0.4, -0.2) is 17.8 Å². The Morgan fingerprint density at radius 1 is 1.53 bits per heavy atom. The molecule has 0 amide bonds. The van der Waals surface area contributed by atoms with E-state index in [0.29, 0.717) is 6.04 Å². The van der Waals surface area contributed by atoms with E-state index >= 15 is 0 Å². The van der Waals surface area contributed by atoms with Crippen LogP contribution >= 0.6 is 0 Å². The summed E-state index contributed by atoms with van der Waals surface area (Å²) in [5.74, 6) is -0.0742. The molecule has 0 fully saturated rings. The van der Waals surface area contributed by atoms with Crippen molar-refractivity contribution >= 4 is 0 Å². The number of hydrogen-bond acceptors (Lipinski definition) is 2. The predicted molar refractivity (Wildman–Crippen MR) is 66.4 cm³/mol. The van der Waals surface area contributed by atoms with E-state index in [1.807, 2.05) is 6.07 Å². The number of nitrogens with one attached hydrogen (secondary N) is 1. The molecule has 2 unspecified atom stereocenters. The zero-order valence-electron chi connectivity index (χ0n) is 10.2. The van der Waals surface area contributed by atoms with Crippen LogP contribution in [0.25, 0.3) is 0 Å². The van der Waals surface area contributed by atoms with Crippen molar-refractivity contribution in [2.75, 3.05) is 6.61 Å². The van der Waals surface area contributed by atoms with Crippen molar-refractivity contribution in [1.29, 1.82) is 0 Å². The van der Waals surface area contributed by atoms with Crippen molar-refractivity contribution < 1.29 is 9.50 Å². The van der Waals surface area contributed by atoms with Crippen LogP contribution in [0.5, 0.6) is 0 Å². The number of hydrogen-bond donors (Lipinski definition) is 2. The third-order valence-corrected chi connectivity index (χ3v) is 3.49. The van der Waals surface area contributed by atoms with Gasteiger partial charge >= 0.3 is 0 Å². The fourth-order valence-electron chi connectivity index (χ4n) is 2.61. The quantitative estimate of drug-likeness (QED) is 0.825. The van der Waals surface area contributed by atoms with E-state index < -0.39 is 0 Å². The van der Waals surface area contributed by atoms with E-state index in [4.69, 9.17) is 5.11 Å². The van der Waals surface area contributed by atoms with Crippen molar-refractivity contribution in [2.24, 2.45) is 0 Å². The Balaban J connectivity index is 2.00. The van der Waals surface area contributed by atoms with Crippen molar-refractivity contribution in [3.05, 3.63) is 35.1 Å². The molecule has 0 saturated heterocycles. The van der Waals surface area contributed by atoms with Gasteiger partial charge in [0.25, 0.3) is 0 Å². The second-order valence-corrected chi connectivity index (χ2v) is 4.83. The Labute approximate surface area is 102 Å². The van der Waals surface area contributed by atoms with Gasteiger partial charge in [-0.15, -0.1) is 0 Å². The normalized spacial score (nSPS) is 20.3. The zero-order chi connectivity index (χ0) is 12.3. The largest absolute Gasteiger partial charge is 0.396 e. The number of aliphatic hydroxyl groups excluding tert-OH is 1. The lowest BCUT2D eigenvalue weighted by atomic mass is 10.1. The summed E-state index contributed by atoms with van der Waals surface area (Å²) in [6, 6.07) is 5.97. The molecule has 3 heteroatoms. The number of benzene rings is 1. The highest BCUT2D eigenvalue weighted by molar-refractivity contribution is 5.35. The van der Waals surface area contributed by atoms with Crippen LogP contribution in [0.4, 0.5) is 4.39 Å². The molecule has 0 aliphatic heterocycles. The fourth-order valence-corrected chi connectivity index (χ4v) is 2.61. The van der Waals surface area contributed by atoms with Gasteiger partial charge < -0.3 is 10.4 Å². The molecule has 0 radical (unpaired) electrons. The van der Waals surface area contributed by atoms with Gasteiger partial charge in [-0.1, -0.05) is 12.1 Å². The van der Waals surface area contributed by atoms with E-state index in [1.165, 1.54) is 6.07 Å². The topological polar surface area (TPSA) is 32.3 Å². The summed E-state index contributed by atoms with van der Waals surface area (Å²) in [4.78, 5) is 0. The Morgan fingerprint density at radius 2 is 2.35 bits per heavy atom. The molecule has 2 N–H and O–H groups in total. The summed E-state index contributed by atoms with van der Waals surface area (Å²) < 4.78 is 13.5. The lowest BCUT2D eigenvalue weighted by molar-refractivity contribution is 0.273. The highest BCUT2D eigenvalue weighted by Gasteiger charge is 2.25. The van der Waals surface area contributed by atoms with E-state index in [1.54, 1.807) is 6.07 Å². The van der Waals surface area contributed by atoms with Gasteiger partial charge in [0, 0.05) is 18.7 Å². The highest BCUT2D eigenvalue weighted by atomic mass is 19.1. The number of fused-ring (bicyclic) bond motifs is 1. The maximum absolute atomic E-state index is 13.5. The van der Waals surface area contributed by atoms with Gasteiger partial charge in [0.1, 0.15) is 5.82 Å². The molecule has 2 nitrogen and oxygen atoms in total. The number of halogens is 1. The number of aliphatic hydroxyl groups is 1. The molecule has 94 valence electrons. The third-order valence-electron chi connectivity index (χ3n) is 3.49. The first kappa shape index (κ1) is 12.5. The molecule has 0 heterocycles. The lowest BCUT2D eigenvalue weighted by Gasteiger charge is -2.20. The Hall–Kier alpha value is -0.930. The zero-order valence-corrected chi connectivity index (χ0v) is 10.2. The first-order chi connectivity index (χ1) is 8.22. The molecule has 17 heavy (non-hydrogen) atoms. The highest BCUT2D eigenvalue weighted by Crippen LogP contribution is 2.33. The summed E-state index contributed by atoms with van der Waals surface area (Å²) in [5, 5.41) is 12.3. The maximum Gasteiger partial charge on any atom is 0.126 e. The molecule has 0 spiro atoms. The molecule has 1 aromatic carbocycles. The van der Waals surface area contributed by atoms with Gasteiger partial charge in [-0.2, -0.15) is 0 Å². The van der Waals surface area contributed by atoms with Gasteiger partial charge in [0.05, 0.1) is 0 Å². The minimum Gasteiger partial charge on any atom is -0.396 e. The molecule has 1 aliphatic rings. The van der Waals surface area contributed by atoms with Gasteiger partial charge in [0.15, 0.2) is 0 Å². The van der Waals surface area contributed by atoms with Crippen LogP contribution < -0.4 is 5.32 Å². The SMILES string of the molecule is CC(CCCO)NC1CCc2c(F)cccc21. The Bertz CT molecular complexity index is 380. The van der Waals surface area contributed by atoms with Crippen LogP contribution in [0.3, 0.4) is 0 Å². The lowest BCUT2D eigenvalue weighted by Crippen LogP contribution is -2.29. The molecule has 2 rings (SSSR count). The predicted octanol–water partition coefficient (Wildman–Crippen LogP) is 2.56. The Kier molecular flexibility index (Phi) is 4.13. The van der Waals surface area contributed by atoms with Gasteiger partial charge in [-0.3, -0.25) is 0 Å². The van der Waals surface area contributed by atoms with Crippen LogP contribution in [0.2, 0.25) is 0 Å². The molecular weight excluding hydrogens is 217 g/mol. The van der Waals surface area contributed by atoms with E-state index in [-0.39, 0.29) is 18.5 Å². The van der Waals surface area contributed by atoms with Gasteiger partial charge in [-0.05, 0) is 49.8 Å². The molecule has 0 saturated carbocycles. The first-order valence-electron chi connectivity index (χ1n) is 6.36. The van der Waals surface area contributed by atoms with Crippen molar-refractivity contribution in [1.82, 2.24) is 5.32 Å². The number of rotatable bonds is 5. The summed E-state index contributed by atoms with van der Waals surface area (Å²) >= 11 is 0. The van der Waals surface area contributed by atoms with Crippen molar-refractivity contribution in [2.45, 2.75) is 44.7 Å². The van der Waals surface area contributed by atoms with Crippen molar-refractivity contribution in [3.8, 4) is 0 Å². The monoisotopic (exact) mass is 237 g/mol. The summed E-state index contributed by atoms with van der Waals surface area (Å²) in [6.07, 6.45) is 3.57. The van der Waals surface area contributed by atoms with Gasteiger partial charge in [-0.25, -0.2) is 4.39 Å². The standard InChI is InChI=1S/C14H20FNO/c1-10(4-3-9-17)16-14-8-7-11-12(14)5-2-6-13(11)15/h2,5-6,10,14,16-17H,3-4,7-9H2,1H3. The average Bonchev–Trinajstić information content (AvgIpc) is 2.71. The van der Waals surface area contributed by atoms with E-state index in [9.17, 15) is 4.39 Å². The fraction of sp³-hybridized carbons (Fsp3) is 0.571. The maximum atomic E-state index is 13.5. The second kappa shape index (κ2) is 5.61. The molecular formula is C14H20FNO.